The van der Waals surface area contributed by atoms with E-state index in [1.165, 1.54) is 0 Å². The first-order valence-electron chi connectivity index (χ1n) is 4.56. The fraction of sp³-hybridized carbons (Fsp3) is 0.400. The number of carbonyl (C=O) groups is 1. The molecule has 1 heterocycles. The number of nitrogens with one attached hydrogen (secondary N) is 1. The lowest BCUT2D eigenvalue weighted by Crippen LogP contribution is -2.31. The molecular weight excluding hydrogens is 260 g/mol. The summed E-state index contributed by atoms with van der Waals surface area (Å²) >= 11 is 3.22. The lowest BCUT2D eigenvalue weighted by molar-refractivity contribution is 0.0869. The van der Waals surface area contributed by atoms with E-state index in [9.17, 15) is 4.79 Å². The van der Waals surface area contributed by atoms with E-state index >= 15 is 0 Å². The number of methoxy groups -OCH3 is 1. The fourth-order valence-electron chi connectivity index (χ4n) is 0.970. The van der Waals surface area contributed by atoms with Crippen molar-refractivity contribution in [1.82, 2.24) is 10.3 Å². The Kier molecular flexibility index (Phi) is 4.71. The Labute approximate surface area is 97.2 Å². The number of aromatic nitrogens is 1. The molecule has 0 radical (unpaired) electrons. The predicted octanol–water partition coefficient (Wildman–Crippen LogP) is 1.61. The second kappa shape index (κ2) is 5.82. The monoisotopic (exact) mass is 272 g/mol. The van der Waals surface area contributed by atoms with Crippen LogP contribution < -0.4 is 5.32 Å². The fourth-order valence-corrected chi connectivity index (χ4v) is 1.40. The Hall–Kier alpha value is -0.940. The molecule has 5 heteroatoms. The Morgan fingerprint density at radius 2 is 2.47 bits per heavy atom. The lowest BCUT2D eigenvalue weighted by atomic mass is 10.2. The predicted molar refractivity (Wildman–Crippen MR) is 60.7 cm³/mol. The first-order chi connectivity index (χ1) is 7.15. The maximum absolute atomic E-state index is 11.6. The van der Waals surface area contributed by atoms with E-state index in [4.69, 9.17) is 4.74 Å². The first kappa shape index (κ1) is 12.1. The number of halogens is 1. The van der Waals surface area contributed by atoms with Gasteiger partial charge < -0.3 is 10.1 Å². The highest BCUT2D eigenvalue weighted by atomic mass is 79.9. The zero-order valence-corrected chi connectivity index (χ0v) is 10.2. The van der Waals surface area contributed by atoms with Gasteiger partial charge >= 0.3 is 0 Å². The number of ether oxygens (including phenoxy) is 1. The number of hydrogen-bond donors (Lipinski definition) is 1. The zero-order valence-electron chi connectivity index (χ0n) is 8.66. The largest absolute Gasteiger partial charge is 0.380 e. The molecule has 0 aliphatic carbocycles. The van der Waals surface area contributed by atoms with E-state index in [0.717, 1.165) is 0 Å². The third kappa shape index (κ3) is 3.60. The van der Waals surface area contributed by atoms with Gasteiger partial charge in [0.1, 0.15) is 4.60 Å². The molecule has 1 aromatic rings. The van der Waals surface area contributed by atoms with Crippen LogP contribution in [-0.2, 0) is 4.74 Å². The number of amides is 1. The number of rotatable bonds is 4. The average molecular weight is 273 g/mol. The smallest absolute Gasteiger partial charge is 0.254 e. The van der Waals surface area contributed by atoms with E-state index < -0.39 is 0 Å². The van der Waals surface area contributed by atoms with E-state index in [-0.39, 0.29) is 12.0 Å². The van der Waals surface area contributed by atoms with Crippen molar-refractivity contribution >= 4 is 21.8 Å². The summed E-state index contributed by atoms with van der Waals surface area (Å²) in [7, 11) is 1.61. The van der Waals surface area contributed by atoms with Crippen LogP contribution in [0, 0.1) is 0 Å². The number of nitrogens with zero attached hydrogens (tertiary/aromatic N) is 1. The summed E-state index contributed by atoms with van der Waals surface area (Å²) < 4.78 is 5.57. The molecule has 82 valence electrons. The lowest BCUT2D eigenvalue weighted by Gasteiger charge is -2.10. The molecule has 0 aromatic carbocycles. The number of hydrogen-bond acceptors (Lipinski definition) is 3. The SMILES string of the molecule is COC(C)CNC(=O)c1cccnc1Br. The summed E-state index contributed by atoms with van der Waals surface area (Å²) in [5.74, 6) is -0.154. The van der Waals surface area contributed by atoms with Gasteiger partial charge in [-0.15, -0.1) is 0 Å². The summed E-state index contributed by atoms with van der Waals surface area (Å²) in [6.45, 7) is 2.37. The van der Waals surface area contributed by atoms with Crippen LogP contribution in [0.5, 0.6) is 0 Å². The average Bonchev–Trinajstić information content (AvgIpc) is 2.26. The van der Waals surface area contributed by atoms with Gasteiger partial charge in [0.2, 0.25) is 0 Å². The molecule has 0 aliphatic rings. The zero-order chi connectivity index (χ0) is 11.3. The van der Waals surface area contributed by atoms with Crippen molar-refractivity contribution in [2.24, 2.45) is 0 Å². The Bertz CT molecular complexity index is 344. The van der Waals surface area contributed by atoms with Gasteiger partial charge in [-0.2, -0.15) is 0 Å². The molecule has 0 spiro atoms. The summed E-state index contributed by atoms with van der Waals surface area (Å²) in [6.07, 6.45) is 1.63. The van der Waals surface area contributed by atoms with Gasteiger partial charge in [0, 0.05) is 19.9 Å². The molecule has 4 nitrogen and oxygen atoms in total. The van der Waals surface area contributed by atoms with Gasteiger partial charge in [-0.25, -0.2) is 4.98 Å². The van der Waals surface area contributed by atoms with Gasteiger partial charge in [0.15, 0.2) is 0 Å². The molecule has 15 heavy (non-hydrogen) atoms. The third-order valence-electron chi connectivity index (χ3n) is 1.96. The highest BCUT2D eigenvalue weighted by molar-refractivity contribution is 9.10. The minimum atomic E-state index is -0.154. The molecule has 0 fully saturated rings. The molecule has 1 unspecified atom stereocenters. The third-order valence-corrected chi connectivity index (χ3v) is 2.59. The van der Waals surface area contributed by atoms with E-state index in [0.29, 0.717) is 16.7 Å². The van der Waals surface area contributed by atoms with Gasteiger partial charge in [-0.3, -0.25) is 4.79 Å². The maximum atomic E-state index is 11.6. The normalized spacial score (nSPS) is 12.2. The van der Waals surface area contributed by atoms with Crippen LogP contribution in [-0.4, -0.2) is 30.6 Å². The van der Waals surface area contributed by atoms with Gasteiger partial charge in [-0.05, 0) is 35.0 Å². The van der Waals surface area contributed by atoms with Gasteiger partial charge in [0.25, 0.3) is 5.91 Å². The molecule has 0 aliphatic heterocycles. The summed E-state index contributed by atoms with van der Waals surface area (Å²) in [5, 5.41) is 2.76. The Morgan fingerprint density at radius 3 is 3.07 bits per heavy atom. The van der Waals surface area contributed by atoms with Crippen molar-refractivity contribution < 1.29 is 9.53 Å². The van der Waals surface area contributed by atoms with Crippen LogP contribution in [0.2, 0.25) is 0 Å². The van der Waals surface area contributed by atoms with Crippen LogP contribution in [0.15, 0.2) is 22.9 Å². The molecule has 0 saturated carbocycles. The minimum Gasteiger partial charge on any atom is -0.380 e. The summed E-state index contributed by atoms with van der Waals surface area (Å²) in [5.41, 5.74) is 0.529. The molecule has 1 atom stereocenters. The quantitative estimate of drug-likeness (QED) is 0.848. The standard InChI is InChI=1S/C10H13BrN2O2/c1-7(15-2)6-13-10(14)8-4-3-5-12-9(8)11/h3-5,7H,6H2,1-2H3,(H,13,14). The molecule has 1 aromatic heterocycles. The highest BCUT2D eigenvalue weighted by Crippen LogP contribution is 2.11. The molecule has 1 N–H and O–H groups in total. The van der Waals surface area contributed by atoms with Gasteiger partial charge in [0.05, 0.1) is 11.7 Å². The summed E-state index contributed by atoms with van der Waals surface area (Å²) in [4.78, 5) is 15.6. The van der Waals surface area contributed by atoms with Crippen LogP contribution >= 0.6 is 15.9 Å². The molecule has 1 rings (SSSR count). The van der Waals surface area contributed by atoms with Crippen molar-refractivity contribution in [3.63, 3.8) is 0 Å². The van der Waals surface area contributed by atoms with Crippen molar-refractivity contribution in [3.8, 4) is 0 Å². The number of pyridine rings is 1. The first-order valence-corrected chi connectivity index (χ1v) is 5.36. The highest BCUT2D eigenvalue weighted by Gasteiger charge is 2.10. The minimum absolute atomic E-state index is 0.00407. The van der Waals surface area contributed by atoms with Crippen LogP contribution in [0.3, 0.4) is 0 Å². The Balaban J connectivity index is 2.58. The van der Waals surface area contributed by atoms with E-state index in [2.05, 4.69) is 26.2 Å². The summed E-state index contributed by atoms with van der Waals surface area (Å²) in [6, 6.07) is 3.43. The Morgan fingerprint density at radius 1 is 1.73 bits per heavy atom. The molecule has 0 saturated heterocycles. The van der Waals surface area contributed by atoms with Crippen molar-refractivity contribution in [3.05, 3.63) is 28.5 Å². The van der Waals surface area contributed by atoms with Crippen LogP contribution in [0.25, 0.3) is 0 Å². The van der Waals surface area contributed by atoms with E-state index in [1.54, 1.807) is 25.4 Å². The van der Waals surface area contributed by atoms with Crippen molar-refractivity contribution in [1.29, 1.82) is 0 Å². The molecule has 0 bridgehead atoms. The molecule has 1 amide bonds. The van der Waals surface area contributed by atoms with Crippen molar-refractivity contribution in [2.75, 3.05) is 13.7 Å². The van der Waals surface area contributed by atoms with Crippen LogP contribution in [0.4, 0.5) is 0 Å². The molecular formula is C10H13BrN2O2. The second-order valence-electron chi connectivity index (χ2n) is 3.10. The van der Waals surface area contributed by atoms with Gasteiger partial charge in [-0.1, -0.05) is 0 Å². The van der Waals surface area contributed by atoms with E-state index in [1.807, 2.05) is 6.92 Å². The topological polar surface area (TPSA) is 51.2 Å². The maximum Gasteiger partial charge on any atom is 0.254 e. The van der Waals surface area contributed by atoms with Crippen LogP contribution in [0.1, 0.15) is 17.3 Å². The second-order valence-corrected chi connectivity index (χ2v) is 3.85. The number of carbonyl (C=O) groups excluding carboxylic acids is 1. The van der Waals surface area contributed by atoms with Crippen molar-refractivity contribution in [2.45, 2.75) is 13.0 Å².